The monoisotopic (exact) mass is 366 g/mol. The number of carbonyl (C=O) groups excluding carboxylic acids is 1. The van der Waals surface area contributed by atoms with Crippen LogP contribution in [-0.4, -0.2) is 63.4 Å². The van der Waals surface area contributed by atoms with Gasteiger partial charge in [-0.25, -0.2) is 8.42 Å². The third kappa shape index (κ3) is 3.91. The molecule has 1 fully saturated rings. The zero-order valence-corrected chi connectivity index (χ0v) is 14.3. The lowest BCUT2D eigenvalue weighted by Crippen LogP contribution is -2.51. The highest BCUT2D eigenvalue weighted by molar-refractivity contribution is 7.89. The van der Waals surface area contributed by atoms with Crippen molar-refractivity contribution in [2.45, 2.75) is 4.90 Å². The molecule has 0 radical (unpaired) electrons. The molecule has 1 aliphatic heterocycles. The van der Waals surface area contributed by atoms with E-state index < -0.39 is 10.0 Å². The van der Waals surface area contributed by atoms with E-state index in [4.69, 9.17) is 27.9 Å². The summed E-state index contributed by atoms with van der Waals surface area (Å²) in [5, 5.41) is 0.528. The minimum Gasteiger partial charge on any atom is -0.375 e. The standard InChI is InChI=1S/C13H16Cl2N2O4S/c1-21-9-13(18)16-2-4-17(5-3-16)22(19,20)12-7-10(14)6-11(15)8-12/h6-8H,2-5,9H2,1H3. The van der Waals surface area contributed by atoms with Crippen LogP contribution >= 0.6 is 23.2 Å². The summed E-state index contributed by atoms with van der Waals surface area (Å²) < 4.78 is 31.3. The van der Waals surface area contributed by atoms with E-state index in [9.17, 15) is 13.2 Å². The maximum atomic E-state index is 12.6. The van der Waals surface area contributed by atoms with Gasteiger partial charge < -0.3 is 9.64 Å². The fraction of sp³-hybridized carbons (Fsp3) is 0.462. The van der Waals surface area contributed by atoms with Crippen molar-refractivity contribution in [1.82, 2.24) is 9.21 Å². The molecular formula is C13H16Cl2N2O4S. The number of carbonyl (C=O) groups is 1. The highest BCUT2D eigenvalue weighted by Crippen LogP contribution is 2.25. The third-order valence-electron chi connectivity index (χ3n) is 3.33. The Balaban J connectivity index is 2.11. The number of hydrogen-bond donors (Lipinski definition) is 0. The van der Waals surface area contributed by atoms with Crippen LogP contribution in [0.4, 0.5) is 0 Å². The normalized spacial score (nSPS) is 16.8. The molecule has 22 heavy (non-hydrogen) atoms. The number of benzene rings is 1. The summed E-state index contributed by atoms with van der Waals surface area (Å²) in [5.41, 5.74) is 0. The van der Waals surface area contributed by atoms with Gasteiger partial charge in [-0.3, -0.25) is 4.79 Å². The highest BCUT2D eigenvalue weighted by Gasteiger charge is 2.30. The number of piperazine rings is 1. The third-order valence-corrected chi connectivity index (χ3v) is 5.65. The van der Waals surface area contributed by atoms with Gasteiger partial charge >= 0.3 is 0 Å². The van der Waals surface area contributed by atoms with Gasteiger partial charge in [-0.15, -0.1) is 0 Å². The van der Waals surface area contributed by atoms with Gasteiger partial charge in [0.05, 0.1) is 4.90 Å². The van der Waals surface area contributed by atoms with E-state index in [1.54, 1.807) is 4.90 Å². The second-order valence-electron chi connectivity index (χ2n) is 4.82. The molecule has 2 rings (SSSR count). The van der Waals surface area contributed by atoms with E-state index in [2.05, 4.69) is 0 Å². The number of ether oxygens (including phenoxy) is 1. The number of methoxy groups -OCH3 is 1. The first-order valence-electron chi connectivity index (χ1n) is 6.57. The average Bonchev–Trinajstić information content (AvgIpc) is 2.46. The van der Waals surface area contributed by atoms with E-state index in [-0.39, 0.29) is 40.5 Å². The summed E-state index contributed by atoms with van der Waals surface area (Å²) in [7, 11) is -2.23. The van der Waals surface area contributed by atoms with Gasteiger partial charge in [-0.1, -0.05) is 23.2 Å². The largest absolute Gasteiger partial charge is 0.375 e. The van der Waals surface area contributed by atoms with Crippen molar-refractivity contribution in [3.8, 4) is 0 Å². The van der Waals surface area contributed by atoms with Gasteiger partial charge in [-0.05, 0) is 18.2 Å². The topological polar surface area (TPSA) is 66.9 Å². The summed E-state index contributed by atoms with van der Waals surface area (Å²) in [6.07, 6.45) is 0. The van der Waals surface area contributed by atoms with Crippen molar-refractivity contribution in [3.05, 3.63) is 28.2 Å². The Kier molecular flexibility index (Phi) is 5.68. The Labute approximate surface area is 139 Å². The first-order valence-corrected chi connectivity index (χ1v) is 8.77. The Hall–Kier alpha value is -0.860. The molecule has 9 heteroatoms. The van der Waals surface area contributed by atoms with Gasteiger partial charge in [0.2, 0.25) is 15.9 Å². The van der Waals surface area contributed by atoms with Gasteiger partial charge in [0.1, 0.15) is 6.61 Å². The summed E-state index contributed by atoms with van der Waals surface area (Å²) in [6.45, 7) is 1.10. The van der Waals surface area contributed by atoms with E-state index in [1.165, 1.54) is 29.6 Å². The number of rotatable bonds is 4. The van der Waals surface area contributed by atoms with Gasteiger partial charge in [-0.2, -0.15) is 4.31 Å². The lowest BCUT2D eigenvalue weighted by molar-refractivity contribution is -0.136. The molecule has 1 amide bonds. The van der Waals surface area contributed by atoms with Crippen LogP contribution in [0.2, 0.25) is 10.0 Å². The predicted molar refractivity (Wildman–Crippen MR) is 83.7 cm³/mol. The smallest absolute Gasteiger partial charge is 0.248 e. The van der Waals surface area contributed by atoms with Crippen LogP contribution in [0.25, 0.3) is 0 Å². The van der Waals surface area contributed by atoms with E-state index in [1.807, 2.05) is 0 Å². The van der Waals surface area contributed by atoms with Crippen molar-refractivity contribution in [2.75, 3.05) is 39.9 Å². The number of nitrogens with zero attached hydrogens (tertiary/aromatic N) is 2. The van der Waals surface area contributed by atoms with Crippen LogP contribution in [0, 0.1) is 0 Å². The lowest BCUT2D eigenvalue weighted by Gasteiger charge is -2.33. The van der Waals surface area contributed by atoms with Gasteiger partial charge in [0, 0.05) is 43.3 Å². The van der Waals surface area contributed by atoms with Crippen molar-refractivity contribution < 1.29 is 17.9 Å². The molecule has 0 N–H and O–H groups in total. The maximum absolute atomic E-state index is 12.6. The van der Waals surface area contributed by atoms with Crippen molar-refractivity contribution in [2.24, 2.45) is 0 Å². The molecule has 0 bridgehead atoms. The first kappa shape index (κ1) is 17.5. The Morgan fingerprint density at radius 3 is 2.18 bits per heavy atom. The van der Waals surface area contributed by atoms with Crippen LogP contribution in [0.3, 0.4) is 0 Å². The Morgan fingerprint density at radius 1 is 1.14 bits per heavy atom. The van der Waals surface area contributed by atoms with Crippen LogP contribution in [0.5, 0.6) is 0 Å². The predicted octanol–water partition coefficient (Wildman–Crippen LogP) is 1.47. The van der Waals surface area contributed by atoms with Crippen molar-refractivity contribution >= 4 is 39.1 Å². The second-order valence-corrected chi connectivity index (χ2v) is 7.63. The summed E-state index contributed by atoms with van der Waals surface area (Å²) in [5.74, 6) is -0.148. The fourth-order valence-electron chi connectivity index (χ4n) is 2.22. The van der Waals surface area contributed by atoms with Gasteiger partial charge in [0.25, 0.3) is 0 Å². The molecule has 0 saturated carbocycles. The van der Waals surface area contributed by atoms with Gasteiger partial charge in [0.15, 0.2) is 0 Å². The molecule has 1 saturated heterocycles. The fourth-order valence-corrected chi connectivity index (χ4v) is 4.37. The molecule has 1 aromatic rings. The summed E-state index contributed by atoms with van der Waals surface area (Å²) in [4.78, 5) is 13.4. The van der Waals surface area contributed by atoms with Crippen molar-refractivity contribution in [1.29, 1.82) is 0 Å². The zero-order valence-electron chi connectivity index (χ0n) is 12.0. The highest BCUT2D eigenvalue weighted by atomic mass is 35.5. The summed E-state index contributed by atoms with van der Waals surface area (Å²) >= 11 is 11.7. The minimum absolute atomic E-state index is 0.00332. The molecule has 0 aliphatic carbocycles. The van der Waals surface area contributed by atoms with E-state index in [0.717, 1.165) is 0 Å². The zero-order chi connectivity index (χ0) is 16.3. The van der Waals surface area contributed by atoms with Crippen molar-refractivity contribution in [3.63, 3.8) is 0 Å². The molecule has 122 valence electrons. The second kappa shape index (κ2) is 7.14. The molecular weight excluding hydrogens is 351 g/mol. The molecule has 0 unspecified atom stereocenters. The Bertz CT molecular complexity index is 638. The molecule has 0 aromatic heterocycles. The lowest BCUT2D eigenvalue weighted by atomic mass is 10.3. The molecule has 0 spiro atoms. The molecule has 0 atom stereocenters. The van der Waals surface area contributed by atoms with Crippen LogP contribution in [-0.2, 0) is 19.6 Å². The molecule has 1 aromatic carbocycles. The Morgan fingerprint density at radius 2 is 1.68 bits per heavy atom. The van der Waals surface area contributed by atoms with Crippen LogP contribution in [0.1, 0.15) is 0 Å². The van der Waals surface area contributed by atoms with Crippen LogP contribution in [0.15, 0.2) is 23.1 Å². The molecule has 1 heterocycles. The SMILES string of the molecule is COCC(=O)N1CCN(S(=O)(=O)c2cc(Cl)cc(Cl)c2)CC1. The number of halogens is 2. The first-order chi connectivity index (χ1) is 10.3. The minimum atomic E-state index is -3.67. The number of hydrogen-bond acceptors (Lipinski definition) is 4. The van der Waals surface area contributed by atoms with E-state index >= 15 is 0 Å². The van der Waals surface area contributed by atoms with Crippen LogP contribution < -0.4 is 0 Å². The summed E-state index contributed by atoms with van der Waals surface area (Å²) in [6, 6.07) is 4.21. The maximum Gasteiger partial charge on any atom is 0.248 e. The number of sulfonamides is 1. The molecule has 1 aliphatic rings. The number of amides is 1. The average molecular weight is 367 g/mol. The molecule has 6 nitrogen and oxygen atoms in total. The quantitative estimate of drug-likeness (QED) is 0.809. The van der Waals surface area contributed by atoms with E-state index in [0.29, 0.717) is 13.1 Å².